The van der Waals surface area contributed by atoms with Crippen LogP contribution in [-0.2, 0) is 7.05 Å². The maximum atomic E-state index is 4.23. The van der Waals surface area contributed by atoms with Crippen LogP contribution < -0.4 is 3.84 Å². The van der Waals surface area contributed by atoms with Crippen LogP contribution in [0.4, 0.5) is 0 Å². The van der Waals surface area contributed by atoms with Gasteiger partial charge in [0.25, 0.3) is 0 Å². The van der Waals surface area contributed by atoms with Gasteiger partial charge in [0.05, 0.1) is 0 Å². The molecule has 0 atom stereocenters. The number of aryl methyl sites for hydroxylation is 1. The first-order valence-electron chi connectivity index (χ1n) is 3.36. The van der Waals surface area contributed by atoms with Crippen LogP contribution in [0, 0.1) is 0 Å². The van der Waals surface area contributed by atoms with E-state index < -0.39 is 18.4 Å². The van der Waals surface area contributed by atoms with Gasteiger partial charge in [0.2, 0.25) is 0 Å². The predicted octanol–water partition coefficient (Wildman–Crippen LogP) is 0.360. The maximum absolute atomic E-state index is 4.23. The third-order valence-electron chi connectivity index (χ3n) is 1.38. The van der Waals surface area contributed by atoms with E-state index in [1.807, 2.05) is 11.7 Å². The Hall–Kier alpha value is -0.0613. The average molecular weight is 246 g/mol. The van der Waals surface area contributed by atoms with E-state index in [2.05, 4.69) is 24.9 Å². The van der Waals surface area contributed by atoms with Crippen molar-refractivity contribution in [3.8, 4) is 0 Å². The van der Waals surface area contributed by atoms with Crippen molar-refractivity contribution in [2.24, 2.45) is 7.05 Å². The fourth-order valence-corrected chi connectivity index (χ4v) is 5.18. The van der Waals surface area contributed by atoms with E-state index in [1.165, 1.54) is 3.84 Å². The first kappa shape index (κ1) is 8.04. The van der Waals surface area contributed by atoms with Crippen LogP contribution in [0.1, 0.15) is 0 Å². The van der Waals surface area contributed by atoms with Gasteiger partial charge in [-0.15, -0.1) is 0 Å². The van der Waals surface area contributed by atoms with Crippen LogP contribution in [-0.4, -0.2) is 33.1 Å². The van der Waals surface area contributed by atoms with Crippen molar-refractivity contribution in [2.45, 2.75) is 14.8 Å². The van der Waals surface area contributed by atoms with Gasteiger partial charge in [-0.1, -0.05) is 0 Å². The van der Waals surface area contributed by atoms with Gasteiger partial charge in [-0.05, 0) is 0 Å². The van der Waals surface area contributed by atoms with E-state index in [-0.39, 0.29) is 0 Å². The van der Waals surface area contributed by atoms with Crippen molar-refractivity contribution >= 4 is 22.2 Å². The molecular weight excluding hydrogens is 233 g/mol. The summed E-state index contributed by atoms with van der Waals surface area (Å²) in [5, 5.41) is 4.04. The summed E-state index contributed by atoms with van der Waals surface area (Å²) in [6.07, 6.45) is 1.64. The van der Waals surface area contributed by atoms with Crippen LogP contribution in [0.25, 0.3) is 0 Å². The Morgan fingerprint density at radius 3 is 2.20 bits per heavy atom. The fraction of sp³-hybridized carbons (Fsp3) is 0.667. The number of hydrogen-bond donors (Lipinski definition) is 0. The molecule has 0 unspecified atom stereocenters. The Labute approximate surface area is 65.3 Å². The summed E-state index contributed by atoms with van der Waals surface area (Å²) in [5.74, 6) is 0. The Balaban J connectivity index is 3.05. The molecule has 1 aromatic heterocycles. The van der Waals surface area contributed by atoms with E-state index in [9.17, 15) is 0 Å². The fourth-order valence-electron chi connectivity index (χ4n) is 0.975. The van der Waals surface area contributed by atoms with E-state index >= 15 is 0 Å². The number of nitrogens with zero attached hydrogens (tertiary/aromatic N) is 3. The summed E-state index contributed by atoms with van der Waals surface area (Å²) >= 11 is -1.92. The third-order valence-corrected chi connectivity index (χ3v) is 6.50. The molecule has 0 fully saturated rings. The number of rotatable bonds is 1. The standard InChI is InChI=1S/C3H4N3.3CH3.Sn/c1-6-3-4-2-5-6;;;;/h2H,1H3;3*1H3;. The van der Waals surface area contributed by atoms with Crippen LogP contribution in [0.15, 0.2) is 6.33 Å². The van der Waals surface area contributed by atoms with Gasteiger partial charge < -0.3 is 0 Å². The molecule has 0 spiro atoms. The second kappa shape index (κ2) is 2.52. The Morgan fingerprint density at radius 1 is 1.40 bits per heavy atom. The zero-order valence-corrected chi connectivity index (χ0v) is 9.77. The van der Waals surface area contributed by atoms with Crippen molar-refractivity contribution in [1.82, 2.24) is 14.8 Å². The van der Waals surface area contributed by atoms with Crippen LogP contribution >= 0.6 is 0 Å². The first-order chi connectivity index (χ1) is 4.52. The first-order valence-corrected chi connectivity index (χ1v) is 13.4. The van der Waals surface area contributed by atoms with Crippen molar-refractivity contribution in [3.05, 3.63) is 6.33 Å². The zero-order valence-electron chi connectivity index (χ0n) is 6.92. The molecule has 4 heteroatoms. The van der Waals surface area contributed by atoms with Crippen molar-refractivity contribution in [3.63, 3.8) is 0 Å². The molecule has 0 saturated carbocycles. The number of hydrogen-bond acceptors (Lipinski definition) is 2. The SMILES string of the molecule is Cn1ncn[c]1[Sn]([CH3])([CH3])[CH3]. The molecule has 1 rings (SSSR count). The molecule has 0 amide bonds. The molecule has 0 aliphatic heterocycles. The van der Waals surface area contributed by atoms with Gasteiger partial charge in [-0.2, -0.15) is 0 Å². The Morgan fingerprint density at radius 2 is 2.00 bits per heavy atom. The minimum atomic E-state index is -1.92. The van der Waals surface area contributed by atoms with Crippen LogP contribution in [0.3, 0.4) is 0 Å². The summed E-state index contributed by atoms with van der Waals surface area (Å²) in [7, 11) is 1.96. The third kappa shape index (κ3) is 1.50. The Bertz CT molecular complexity index is 223. The molecule has 56 valence electrons. The van der Waals surface area contributed by atoms with Crippen molar-refractivity contribution in [1.29, 1.82) is 0 Å². The summed E-state index contributed by atoms with van der Waals surface area (Å²) in [5.41, 5.74) is 0. The normalized spacial score (nSPS) is 12.0. The molecule has 3 nitrogen and oxygen atoms in total. The summed E-state index contributed by atoms with van der Waals surface area (Å²) in [6.45, 7) is 0. The summed E-state index contributed by atoms with van der Waals surface area (Å²) < 4.78 is 3.13. The second-order valence-corrected chi connectivity index (χ2v) is 17.6. The summed E-state index contributed by atoms with van der Waals surface area (Å²) in [4.78, 5) is 11.2. The van der Waals surface area contributed by atoms with E-state index in [0.29, 0.717) is 0 Å². The molecule has 1 heterocycles. The molecular formula is C6H13N3Sn. The van der Waals surface area contributed by atoms with Gasteiger partial charge in [0.1, 0.15) is 0 Å². The molecule has 0 aliphatic rings. The minimum absolute atomic E-state index is 1.23. The van der Waals surface area contributed by atoms with Gasteiger partial charge >= 0.3 is 65.2 Å². The molecule has 0 bridgehead atoms. The molecule has 1 aromatic rings. The average Bonchev–Trinajstić information content (AvgIpc) is 2.11. The Kier molecular flexibility index (Phi) is 2.03. The number of aromatic nitrogens is 3. The second-order valence-electron chi connectivity index (χ2n) is 3.46. The molecule has 0 radical (unpaired) electrons. The molecule has 0 saturated heterocycles. The summed E-state index contributed by atoms with van der Waals surface area (Å²) in [6, 6.07) is 0. The van der Waals surface area contributed by atoms with E-state index in [0.717, 1.165) is 0 Å². The van der Waals surface area contributed by atoms with E-state index in [4.69, 9.17) is 0 Å². The van der Waals surface area contributed by atoms with Gasteiger partial charge in [-0.3, -0.25) is 0 Å². The van der Waals surface area contributed by atoms with Crippen molar-refractivity contribution in [2.75, 3.05) is 0 Å². The quantitative estimate of drug-likeness (QED) is 0.670. The van der Waals surface area contributed by atoms with Gasteiger partial charge in [-0.25, -0.2) is 0 Å². The molecule has 0 aromatic carbocycles. The van der Waals surface area contributed by atoms with Crippen LogP contribution in [0.5, 0.6) is 0 Å². The zero-order chi connectivity index (χ0) is 7.78. The monoisotopic (exact) mass is 247 g/mol. The molecule has 10 heavy (non-hydrogen) atoms. The molecule has 0 N–H and O–H groups in total. The van der Waals surface area contributed by atoms with Gasteiger partial charge in [0, 0.05) is 0 Å². The van der Waals surface area contributed by atoms with Gasteiger partial charge in [0.15, 0.2) is 0 Å². The molecule has 0 aliphatic carbocycles. The van der Waals surface area contributed by atoms with Crippen LogP contribution in [0.2, 0.25) is 14.8 Å². The predicted molar refractivity (Wildman–Crippen MR) is 44.0 cm³/mol. The van der Waals surface area contributed by atoms with E-state index in [1.54, 1.807) is 6.33 Å². The van der Waals surface area contributed by atoms with Crippen molar-refractivity contribution < 1.29 is 0 Å². The topological polar surface area (TPSA) is 30.7 Å².